The number of benzene rings is 1. The molecule has 2 aromatic rings. The predicted octanol–water partition coefficient (Wildman–Crippen LogP) is 1.90. The largest absolute Gasteiger partial charge is 0.393 e. The second kappa shape index (κ2) is 5.98. The molecule has 1 N–H and O–H groups in total. The van der Waals surface area contributed by atoms with Gasteiger partial charge in [-0.25, -0.2) is 4.98 Å². The highest BCUT2D eigenvalue weighted by Gasteiger charge is 2.12. The molecule has 0 bridgehead atoms. The molecule has 0 saturated carbocycles. The first-order chi connectivity index (χ1) is 8.72. The fourth-order valence-electron chi connectivity index (χ4n) is 2.15. The number of aliphatic hydroxyl groups excluding tert-OH is 1. The minimum absolute atomic E-state index is 0.351. The molecule has 98 valence electrons. The summed E-state index contributed by atoms with van der Waals surface area (Å²) in [6.45, 7) is 0.694. The van der Waals surface area contributed by atoms with Crippen LogP contribution in [0.3, 0.4) is 0 Å². The van der Waals surface area contributed by atoms with Crippen molar-refractivity contribution in [2.24, 2.45) is 7.05 Å². The van der Waals surface area contributed by atoms with Crippen molar-refractivity contribution >= 4 is 11.0 Å². The zero-order valence-electron chi connectivity index (χ0n) is 11.0. The van der Waals surface area contributed by atoms with E-state index in [9.17, 15) is 5.11 Å². The molecule has 0 aliphatic carbocycles. The predicted molar refractivity (Wildman–Crippen MR) is 71.5 cm³/mol. The molecule has 1 unspecified atom stereocenters. The van der Waals surface area contributed by atoms with Gasteiger partial charge in [0.1, 0.15) is 5.82 Å². The fourth-order valence-corrected chi connectivity index (χ4v) is 2.15. The first-order valence-electron chi connectivity index (χ1n) is 6.29. The first kappa shape index (κ1) is 13.1. The van der Waals surface area contributed by atoms with E-state index >= 15 is 0 Å². The molecule has 0 saturated heterocycles. The zero-order chi connectivity index (χ0) is 13.0. The highest BCUT2D eigenvalue weighted by atomic mass is 16.5. The van der Waals surface area contributed by atoms with E-state index in [4.69, 9.17) is 4.74 Å². The summed E-state index contributed by atoms with van der Waals surface area (Å²) in [5, 5.41) is 9.97. The van der Waals surface area contributed by atoms with Crippen LogP contribution in [0.15, 0.2) is 24.3 Å². The summed E-state index contributed by atoms with van der Waals surface area (Å²) in [6.07, 6.45) is 1.86. The van der Waals surface area contributed by atoms with Gasteiger partial charge in [-0.05, 0) is 25.0 Å². The van der Waals surface area contributed by atoms with Crippen molar-refractivity contribution in [2.45, 2.75) is 25.4 Å². The van der Waals surface area contributed by atoms with Gasteiger partial charge in [0.25, 0.3) is 0 Å². The number of aryl methyl sites for hydroxylation is 1. The quantitative estimate of drug-likeness (QED) is 0.794. The Morgan fingerprint density at radius 3 is 2.89 bits per heavy atom. The van der Waals surface area contributed by atoms with E-state index in [1.54, 1.807) is 7.11 Å². The van der Waals surface area contributed by atoms with Gasteiger partial charge in [0.15, 0.2) is 0 Å². The molecular weight excluding hydrogens is 228 g/mol. The van der Waals surface area contributed by atoms with Crippen LogP contribution in [0.4, 0.5) is 0 Å². The van der Waals surface area contributed by atoms with E-state index in [1.807, 2.05) is 31.3 Å². The summed E-state index contributed by atoms with van der Waals surface area (Å²) in [7, 11) is 3.67. The Kier molecular flexibility index (Phi) is 4.33. The Morgan fingerprint density at radius 2 is 2.17 bits per heavy atom. The molecule has 0 aliphatic rings. The van der Waals surface area contributed by atoms with Gasteiger partial charge in [-0.3, -0.25) is 0 Å². The second-order valence-corrected chi connectivity index (χ2v) is 4.57. The van der Waals surface area contributed by atoms with Crippen LogP contribution in [0.2, 0.25) is 0 Å². The van der Waals surface area contributed by atoms with Gasteiger partial charge in [0, 0.05) is 27.2 Å². The fraction of sp³-hybridized carbons (Fsp3) is 0.500. The third-order valence-electron chi connectivity index (χ3n) is 3.18. The van der Waals surface area contributed by atoms with Crippen molar-refractivity contribution in [3.8, 4) is 0 Å². The Balaban J connectivity index is 2.05. The number of fused-ring (bicyclic) bond motifs is 1. The summed E-state index contributed by atoms with van der Waals surface area (Å²) >= 11 is 0. The zero-order valence-corrected chi connectivity index (χ0v) is 11.0. The van der Waals surface area contributed by atoms with Gasteiger partial charge in [-0.2, -0.15) is 0 Å². The average Bonchev–Trinajstić information content (AvgIpc) is 2.67. The Bertz CT molecular complexity index is 507. The maximum Gasteiger partial charge on any atom is 0.112 e. The van der Waals surface area contributed by atoms with Gasteiger partial charge < -0.3 is 14.4 Å². The molecule has 1 aromatic carbocycles. The molecule has 0 amide bonds. The Hall–Kier alpha value is -1.39. The van der Waals surface area contributed by atoms with Crippen molar-refractivity contribution < 1.29 is 9.84 Å². The lowest BCUT2D eigenvalue weighted by atomic mass is 10.1. The van der Waals surface area contributed by atoms with E-state index in [0.717, 1.165) is 29.7 Å². The van der Waals surface area contributed by atoms with E-state index in [-0.39, 0.29) is 6.10 Å². The number of rotatable bonds is 6. The molecule has 0 fully saturated rings. The van der Waals surface area contributed by atoms with Crippen molar-refractivity contribution in [2.75, 3.05) is 13.7 Å². The highest BCUT2D eigenvalue weighted by molar-refractivity contribution is 5.75. The number of hydrogen-bond acceptors (Lipinski definition) is 3. The lowest BCUT2D eigenvalue weighted by molar-refractivity contribution is 0.133. The van der Waals surface area contributed by atoms with E-state index in [0.29, 0.717) is 13.0 Å². The van der Waals surface area contributed by atoms with Crippen molar-refractivity contribution in [3.05, 3.63) is 30.1 Å². The molecule has 2 rings (SSSR count). The maximum absolute atomic E-state index is 9.97. The molecule has 1 atom stereocenters. The van der Waals surface area contributed by atoms with Gasteiger partial charge >= 0.3 is 0 Å². The summed E-state index contributed by atoms with van der Waals surface area (Å²) in [6, 6.07) is 8.02. The first-order valence-corrected chi connectivity index (χ1v) is 6.29. The van der Waals surface area contributed by atoms with E-state index < -0.39 is 0 Å². The van der Waals surface area contributed by atoms with Crippen LogP contribution in [0.5, 0.6) is 0 Å². The number of aliphatic hydroxyl groups is 1. The number of imidazole rings is 1. The molecule has 18 heavy (non-hydrogen) atoms. The number of aromatic nitrogens is 2. The van der Waals surface area contributed by atoms with Gasteiger partial charge in [-0.15, -0.1) is 0 Å². The van der Waals surface area contributed by atoms with Crippen LogP contribution in [0.1, 0.15) is 18.7 Å². The van der Waals surface area contributed by atoms with Crippen LogP contribution in [-0.4, -0.2) is 34.5 Å². The molecule has 0 aliphatic heterocycles. The standard InChI is InChI=1S/C14H20N2O2/c1-16-13-8-4-3-7-12(13)15-14(16)10-11(17)6-5-9-18-2/h3-4,7-8,11,17H,5-6,9-10H2,1-2H3. The van der Waals surface area contributed by atoms with Crippen LogP contribution in [0, 0.1) is 0 Å². The average molecular weight is 248 g/mol. The third-order valence-corrected chi connectivity index (χ3v) is 3.18. The molecule has 1 aromatic heterocycles. The lowest BCUT2D eigenvalue weighted by Crippen LogP contribution is -2.14. The summed E-state index contributed by atoms with van der Waals surface area (Å²) < 4.78 is 7.03. The number of methoxy groups -OCH3 is 1. The van der Waals surface area contributed by atoms with Gasteiger partial charge in [0.05, 0.1) is 17.1 Å². The SMILES string of the molecule is COCCCC(O)Cc1nc2ccccc2n1C. The lowest BCUT2D eigenvalue weighted by Gasteiger charge is -2.10. The second-order valence-electron chi connectivity index (χ2n) is 4.57. The highest BCUT2D eigenvalue weighted by Crippen LogP contribution is 2.16. The molecule has 4 heteroatoms. The Morgan fingerprint density at radius 1 is 1.39 bits per heavy atom. The molecule has 0 spiro atoms. The summed E-state index contributed by atoms with van der Waals surface area (Å²) in [4.78, 5) is 4.55. The van der Waals surface area contributed by atoms with E-state index in [2.05, 4.69) is 9.55 Å². The number of para-hydroxylation sites is 2. The maximum atomic E-state index is 9.97. The minimum Gasteiger partial charge on any atom is -0.393 e. The molecule has 0 radical (unpaired) electrons. The van der Waals surface area contributed by atoms with Crippen LogP contribution < -0.4 is 0 Å². The molecule has 4 nitrogen and oxygen atoms in total. The number of hydrogen-bond donors (Lipinski definition) is 1. The van der Waals surface area contributed by atoms with Crippen LogP contribution >= 0.6 is 0 Å². The number of nitrogens with zero attached hydrogens (tertiary/aromatic N) is 2. The van der Waals surface area contributed by atoms with Crippen LogP contribution in [-0.2, 0) is 18.2 Å². The van der Waals surface area contributed by atoms with Gasteiger partial charge in [0.2, 0.25) is 0 Å². The normalized spacial score (nSPS) is 13.1. The monoisotopic (exact) mass is 248 g/mol. The molecular formula is C14H20N2O2. The third kappa shape index (κ3) is 2.89. The van der Waals surface area contributed by atoms with E-state index in [1.165, 1.54) is 0 Å². The topological polar surface area (TPSA) is 47.3 Å². The summed E-state index contributed by atoms with van der Waals surface area (Å²) in [5.74, 6) is 0.932. The van der Waals surface area contributed by atoms with Gasteiger partial charge in [-0.1, -0.05) is 12.1 Å². The summed E-state index contributed by atoms with van der Waals surface area (Å²) in [5.41, 5.74) is 2.09. The Labute approximate surface area is 107 Å². The van der Waals surface area contributed by atoms with Crippen molar-refractivity contribution in [1.82, 2.24) is 9.55 Å². The molecule has 1 heterocycles. The van der Waals surface area contributed by atoms with Crippen molar-refractivity contribution in [1.29, 1.82) is 0 Å². The van der Waals surface area contributed by atoms with Crippen LogP contribution in [0.25, 0.3) is 11.0 Å². The smallest absolute Gasteiger partial charge is 0.112 e. The minimum atomic E-state index is -0.351. The number of ether oxygens (including phenoxy) is 1. The van der Waals surface area contributed by atoms with Crippen molar-refractivity contribution in [3.63, 3.8) is 0 Å².